The van der Waals surface area contributed by atoms with Crippen molar-refractivity contribution in [2.75, 3.05) is 12.4 Å². The zero-order valence-corrected chi connectivity index (χ0v) is 15.4. The Balaban J connectivity index is 1.79. The number of ether oxygens (including phenoxy) is 1. The Labute approximate surface area is 159 Å². The number of thiazole rings is 1. The Morgan fingerprint density at radius 2 is 1.78 bits per heavy atom. The minimum Gasteiger partial charge on any atom is -0.469 e. The van der Waals surface area contributed by atoms with E-state index in [0.29, 0.717) is 21.3 Å². The van der Waals surface area contributed by atoms with Crippen molar-refractivity contribution in [3.63, 3.8) is 0 Å². The van der Waals surface area contributed by atoms with Gasteiger partial charge in [0.1, 0.15) is 5.82 Å². The number of esters is 1. The Bertz CT molecular complexity index is 940. The monoisotopic (exact) mass is 384 g/mol. The summed E-state index contributed by atoms with van der Waals surface area (Å²) >= 11 is 1.24. The number of nitrogens with zero attached hydrogens (tertiary/aromatic N) is 1. The van der Waals surface area contributed by atoms with Crippen molar-refractivity contribution in [3.05, 3.63) is 70.9 Å². The summed E-state index contributed by atoms with van der Waals surface area (Å²) < 4.78 is 17.7. The number of anilines is 1. The molecule has 7 heteroatoms. The van der Waals surface area contributed by atoms with Gasteiger partial charge in [0.15, 0.2) is 5.13 Å². The number of hydrogen-bond donors (Lipinski definition) is 1. The predicted octanol–water partition coefficient (Wildman–Crippen LogP) is 3.85. The molecule has 1 aromatic heterocycles. The van der Waals surface area contributed by atoms with Gasteiger partial charge < -0.3 is 10.1 Å². The molecule has 2 aromatic carbocycles. The number of hydrogen-bond acceptors (Lipinski definition) is 5. The molecule has 3 rings (SSSR count). The van der Waals surface area contributed by atoms with Gasteiger partial charge in [0.05, 0.1) is 25.6 Å². The molecule has 1 amide bonds. The highest BCUT2D eigenvalue weighted by Crippen LogP contribution is 2.31. The highest BCUT2D eigenvalue weighted by Gasteiger charge is 2.17. The molecule has 0 spiro atoms. The number of benzene rings is 2. The van der Waals surface area contributed by atoms with Crippen molar-refractivity contribution >= 4 is 28.3 Å². The summed E-state index contributed by atoms with van der Waals surface area (Å²) in [5, 5.41) is 3.15. The molecular weight excluding hydrogens is 367 g/mol. The van der Waals surface area contributed by atoms with E-state index in [1.54, 1.807) is 12.1 Å². The average Bonchev–Trinajstić information content (AvgIpc) is 3.06. The van der Waals surface area contributed by atoms with E-state index in [2.05, 4.69) is 10.3 Å². The van der Waals surface area contributed by atoms with Gasteiger partial charge in [-0.25, -0.2) is 9.37 Å². The maximum Gasteiger partial charge on any atom is 0.310 e. The lowest BCUT2D eigenvalue weighted by molar-refractivity contribution is -0.139. The third-order valence-electron chi connectivity index (χ3n) is 3.80. The SMILES string of the molecule is COC(=O)Cc1sc(NC(=O)Cc2ccc(F)cc2)nc1-c1ccccc1. The molecule has 0 atom stereocenters. The number of nitrogens with one attached hydrogen (secondary N) is 1. The molecule has 1 N–H and O–H groups in total. The van der Waals surface area contributed by atoms with E-state index < -0.39 is 0 Å². The van der Waals surface area contributed by atoms with Crippen LogP contribution in [0, 0.1) is 5.82 Å². The Morgan fingerprint density at radius 1 is 1.07 bits per heavy atom. The number of aromatic nitrogens is 1. The zero-order chi connectivity index (χ0) is 19.2. The number of carbonyl (C=O) groups excluding carboxylic acids is 2. The van der Waals surface area contributed by atoms with Gasteiger partial charge in [-0.15, -0.1) is 11.3 Å². The first-order chi connectivity index (χ1) is 13.0. The van der Waals surface area contributed by atoms with E-state index in [0.717, 1.165) is 5.56 Å². The van der Waals surface area contributed by atoms with Gasteiger partial charge in [-0.05, 0) is 17.7 Å². The summed E-state index contributed by atoms with van der Waals surface area (Å²) in [4.78, 5) is 29.2. The van der Waals surface area contributed by atoms with Crippen LogP contribution in [0.4, 0.5) is 9.52 Å². The molecule has 0 unspecified atom stereocenters. The molecule has 0 bridgehead atoms. The fourth-order valence-electron chi connectivity index (χ4n) is 2.50. The largest absolute Gasteiger partial charge is 0.469 e. The van der Waals surface area contributed by atoms with E-state index in [1.807, 2.05) is 30.3 Å². The molecule has 0 aliphatic heterocycles. The molecule has 5 nitrogen and oxygen atoms in total. The lowest BCUT2D eigenvalue weighted by atomic mass is 10.1. The summed E-state index contributed by atoms with van der Waals surface area (Å²) in [7, 11) is 1.33. The van der Waals surface area contributed by atoms with Crippen LogP contribution in [0.3, 0.4) is 0 Å². The van der Waals surface area contributed by atoms with Crippen molar-refractivity contribution in [2.45, 2.75) is 12.8 Å². The van der Waals surface area contributed by atoms with Gasteiger partial charge in [0.2, 0.25) is 5.91 Å². The van der Waals surface area contributed by atoms with Gasteiger partial charge in [-0.2, -0.15) is 0 Å². The van der Waals surface area contributed by atoms with E-state index in [4.69, 9.17) is 4.74 Å². The second-order valence-electron chi connectivity index (χ2n) is 5.76. The molecule has 0 fully saturated rings. The fourth-order valence-corrected chi connectivity index (χ4v) is 3.49. The summed E-state index contributed by atoms with van der Waals surface area (Å²) in [6.07, 6.45) is 0.180. The first kappa shape index (κ1) is 18.7. The lowest BCUT2D eigenvalue weighted by Crippen LogP contribution is -2.14. The maximum absolute atomic E-state index is 13.0. The number of methoxy groups -OCH3 is 1. The van der Waals surface area contributed by atoms with Crippen LogP contribution in [0.1, 0.15) is 10.4 Å². The van der Waals surface area contributed by atoms with Gasteiger partial charge >= 0.3 is 5.97 Å². The Kier molecular flexibility index (Phi) is 5.93. The third-order valence-corrected chi connectivity index (χ3v) is 4.77. The van der Waals surface area contributed by atoms with Gasteiger partial charge in [0, 0.05) is 10.4 Å². The molecule has 0 aliphatic rings. The van der Waals surface area contributed by atoms with Crippen LogP contribution in [0.25, 0.3) is 11.3 Å². The van der Waals surface area contributed by atoms with Crippen LogP contribution in [0.5, 0.6) is 0 Å². The predicted molar refractivity (Wildman–Crippen MR) is 102 cm³/mol. The van der Waals surface area contributed by atoms with Crippen LogP contribution >= 0.6 is 11.3 Å². The average molecular weight is 384 g/mol. The smallest absolute Gasteiger partial charge is 0.310 e. The van der Waals surface area contributed by atoms with Crippen LogP contribution in [-0.2, 0) is 27.2 Å². The highest BCUT2D eigenvalue weighted by molar-refractivity contribution is 7.16. The molecule has 0 aliphatic carbocycles. The fraction of sp³-hybridized carbons (Fsp3) is 0.150. The molecule has 27 heavy (non-hydrogen) atoms. The second kappa shape index (κ2) is 8.55. The summed E-state index contributed by atoms with van der Waals surface area (Å²) in [6, 6.07) is 15.2. The lowest BCUT2D eigenvalue weighted by Gasteiger charge is -2.02. The van der Waals surface area contributed by atoms with Crippen molar-refractivity contribution < 1.29 is 18.7 Å². The molecule has 3 aromatic rings. The van der Waals surface area contributed by atoms with Gasteiger partial charge in [-0.1, -0.05) is 42.5 Å². The number of carbonyl (C=O) groups is 2. The summed E-state index contributed by atoms with van der Waals surface area (Å²) in [5.41, 5.74) is 2.19. The van der Waals surface area contributed by atoms with Gasteiger partial charge in [0.25, 0.3) is 0 Å². The molecular formula is C20H17FN2O3S. The van der Waals surface area contributed by atoms with Crippen molar-refractivity contribution in [1.82, 2.24) is 4.98 Å². The Morgan fingerprint density at radius 3 is 2.44 bits per heavy atom. The summed E-state index contributed by atoms with van der Waals surface area (Å²) in [6.45, 7) is 0. The highest BCUT2D eigenvalue weighted by atomic mass is 32.1. The molecule has 0 saturated heterocycles. The normalized spacial score (nSPS) is 10.4. The molecule has 138 valence electrons. The van der Waals surface area contributed by atoms with E-state index >= 15 is 0 Å². The van der Waals surface area contributed by atoms with Crippen LogP contribution in [0.15, 0.2) is 54.6 Å². The molecule has 1 heterocycles. The number of halogens is 1. The van der Waals surface area contributed by atoms with Crippen molar-refractivity contribution in [1.29, 1.82) is 0 Å². The van der Waals surface area contributed by atoms with Crippen LogP contribution in [0.2, 0.25) is 0 Å². The number of amides is 1. The first-order valence-electron chi connectivity index (χ1n) is 8.21. The van der Waals surface area contributed by atoms with Crippen LogP contribution in [-0.4, -0.2) is 24.0 Å². The van der Waals surface area contributed by atoms with Crippen molar-refractivity contribution in [3.8, 4) is 11.3 Å². The zero-order valence-electron chi connectivity index (χ0n) is 14.6. The van der Waals surface area contributed by atoms with Crippen LogP contribution < -0.4 is 5.32 Å². The minimum atomic E-state index is -0.375. The van der Waals surface area contributed by atoms with E-state index in [9.17, 15) is 14.0 Å². The Hall–Kier alpha value is -3.06. The topological polar surface area (TPSA) is 68.3 Å². The molecule has 0 saturated carbocycles. The number of rotatable bonds is 6. The second-order valence-corrected chi connectivity index (χ2v) is 6.84. The minimum absolute atomic E-state index is 0.0756. The maximum atomic E-state index is 13.0. The van der Waals surface area contributed by atoms with E-state index in [1.165, 1.54) is 30.6 Å². The van der Waals surface area contributed by atoms with E-state index in [-0.39, 0.29) is 30.5 Å². The standard InChI is InChI=1S/C20H17FN2O3S/c1-26-18(25)12-16-19(14-5-3-2-4-6-14)23-20(27-16)22-17(24)11-13-7-9-15(21)10-8-13/h2-10H,11-12H2,1H3,(H,22,23,24). The van der Waals surface area contributed by atoms with Gasteiger partial charge in [-0.3, -0.25) is 9.59 Å². The first-order valence-corrected chi connectivity index (χ1v) is 9.03. The molecule has 0 radical (unpaired) electrons. The van der Waals surface area contributed by atoms with Crippen molar-refractivity contribution in [2.24, 2.45) is 0 Å². The summed E-state index contributed by atoms with van der Waals surface area (Å²) in [5.74, 6) is -0.987. The third kappa shape index (κ3) is 4.98. The quantitative estimate of drug-likeness (QED) is 0.656.